The van der Waals surface area contributed by atoms with Gasteiger partial charge in [-0.05, 0) is 60.6 Å². The maximum absolute atomic E-state index is 14.0. The highest BCUT2D eigenvalue weighted by atomic mass is 32.2. The fraction of sp³-hybridized carbons (Fsp3) is 0.289. The number of hydrogen-bond donors (Lipinski definition) is 3. The first-order chi connectivity index (χ1) is 22.6. The molecule has 8 nitrogen and oxygen atoms in total. The summed E-state index contributed by atoms with van der Waals surface area (Å²) < 4.78 is 5.04. The van der Waals surface area contributed by atoms with Crippen LogP contribution in [0.2, 0.25) is 0 Å². The van der Waals surface area contributed by atoms with Crippen molar-refractivity contribution in [2.24, 2.45) is 0 Å². The number of carbonyl (C=O) groups excluding carboxylic acids is 3. The quantitative estimate of drug-likeness (QED) is 0.188. The van der Waals surface area contributed by atoms with Gasteiger partial charge in [-0.2, -0.15) is 0 Å². The largest absolute Gasteiger partial charge is 0.445 e. The third kappa shape index (κ3) is 8.41. The van der Waals surface area contributed by atoms with Gasteiger partial charge in [0.05, 0.1) is 11.9 Å². The van der Waals surface area contributed by atoms with Gasteiger partial charge in [0.1, 0.15) is 12.6 Å². The minimum absolute atomic E-state index is 0.000905. The molecule has 0 spiro atoms. The van der Waals surface area contributed by atoms with Crippen LogP contribution in [0, 0.1) is 6.92 Å². The number of nitrogens with one attached hydrogen (secondary N) is 2. The Labute approximate surface area is 280 Å². The summed E-state index contributed by atoms with van der Waals surface area (Å²) >= 11 is 1.47. The van der Waals surface area contributed by atoms with Crippen molar-refractivity contribution in [1.82, 2.24) is 15.5 Å². The van der Waals surface area contributed by atoms with E-state index < -0.39 is 34.9 Å². The Morgan fingerprint density at radius 3 is 2.21 bits per heavy atom. The lowest BCUT2D eigenvalue weighted by Gasteiger charge is -2.33. The van der Waals surface area contributed by atoms with E-state index in [0.717, 1.165) is 33.4 Å². The number of thioether (sulfide) groups is 1. The topological polar surface area (TPSA) is 108 Å². The summed E-state index contributed by atoms with van der Waals surface area (Å²) in [5.41, 5.74) is 5.63. The summed E-state index contributed by atoms with van der Waals surface area (Å²) in [7, 11) is 0. The van der Waals surface area contributed by atoms with E-state index in [2.05, 4.69) is 10.6 Å². The van der Waals surface area contributed by atoms with E-state index in [-0.39, 0.29) is 24.8 Å². The van der Waals surface area contributed by atoms with Crippen molar-refractivity contribution in [1.29, 1.82) is 0 Å². The van der Waals surface area contributed by atoms with Crippen LogP contribution in [0.5, 0.6) is 0 Å². The highest BCUT2D eigenvalue weighted by Crippen LogP contribution is 2.40. The maximum atomic E-state index is 14.0. The Kier molecular flexibility index (Phi) is 11.0. The molecule has 1 heterocycles. The summed E-state index contributed by atoms with van der Waals surface area (Å²) in [6.45, 7) is 6.14. The summed E-state index contributed by atoms with van der Waals surface area (Å²) in [5, 5.41) is 17.3. The van der Waals surface area contributed by atoms with Crippen LogP contribution in [0.25, 0.3) is 11.1 Å². The standard InChI is InChI=1S/C38H41N3O5S/c1-26-14-10-11-19-29(26)23-39-35(43)34-38(2,3)47-25-41(34)36(44)33(42)32(22-27-15-6-4-7-16-27)40-37(45)46-24-30-20-12-13-21-31(30)28-17-8-5-9-18-28/h4-21,32-34,42H,22-25H2,1-3H3,(H,39,43)(H,40,45)/t32-,33-,34+/m0/s1. The number of alkyl carbamates (subject to hydrolysis) is 1. The molecule has 1 aliphatic heterocycles. The van der Waals surface area contributed by atoms with Crippen LogP contribution in [-0.2, 0) is 33.9 Å². The van der Waals surface area contributed by atoms with E-state index in [1.807, 2.05) is 130 Å². The van der Waals surface area contributed by atoms with Gasteiger partial charge >= 0.3 is 6.09 Å². The number of nitrogens with zero attached hydrogens (tertiary/aromatic N) is 1. The molecule has 1 saturated heterocycles. The maximum Gasteiger partial charge on any atom is 0.407 e. The monoisotopic (exact) mass is 651 g/mol. The lowest BCUT2D eigenvalue weighted by atomic mass is 9.97. The molecule has 47 heavy (non-hydrogen) atoms. The molecule has 4 aromatic carbocycles. The molecule has 9 heteroatoms. The van der Waals surface area contributed by atoms with Gasteiger partial charge in [0.2, 0.25) is 5.91 Å². The first-order valence-electron chi connectivity index (χ1n) is 15.7. The van der Waals surface area contributed by atoms with Crippen molar-refractivity contribution in [3.63, 3.8) is 0 Å². The Hall–Kier alpha value is -4.60. The van der Waals surface area contributed by atoms with Crippen LogP contribution < -0.4 is 10.6 Å². The second-order valence-electron chi connectivity index (χ2n) is 12.2. The molecule has 244 valence electrons. The van der Waals surface area contributed by atoms with Gasteiger partial charge in [-0.15, -0.1) is 11.8 Å². The van der Waals surface area contributed by atoms with Crippen LogP contribution >= 0.6 is 11.8 Å². The van der Waals surface area contributed by atoms with Gasteiger partial charge in [0, 0.05) is 11.3 Å². The highest BCUT2D eigenvalue weighted by molar-refractivity contribution is 8.00. The smallest absolute Gasteiger partial charge is 0.407 e. The number of aliphatic hydroxyl groups is 1. The molecule has 0 radical (unpaired) electrons. The molecule has 0 aliphatic carbocycles. The fourth-order valence-electron chi connectivity index (χ4n) is 5.83. The average molecular weight is 652 g/mol. The molecule has 1 aliphatic rings. The Morgan fingerprint density at radius 2 is 1.51 bits per heavy atom. The first-order valence-corrected chi connectivity index (χ1v) is 16.7. The van der Waals surface area contributed by atoms with Crippen LogP contribution in [0.1, 0.15) is 36.1 Å². The zero-order valence-electron chi connectivity index (χ0n) is 26.9. The number of amides is 3. The van der Waals surface area contributed by atoms with Crippen LogP contribution in [0.15, 0.2) is 109 Å². The van der Waals surface area contributed by atoms with Crippen molar-refractivity contribution < 1.29 is 24.2 Å². The van der Waals surface area contributed by atoms with E-state index in [4.69, 9.17) is 4.74 Å². The number of carbonyl (C=O) groups is 3. The van der Waals surface area contributed by atoms with Gasteiger partial charge in [-0.3, -0.25) is 9.59 Å². The third-order valence-corrected chi connectivity index (χ3v) is 9.86. The van der Waals surface area contributed by atoms with Gasteiger partial charge in [0.25, 0.3) is 5.91 Å². The predicted molar refractivity (Wildman–Crippen MR) is 185 cm³/mol. The van der Waals surface area contributed by atoms with Crippen molar-refractivity contribution in [2.75, 3.05) is 5.88 Å². The van der Waals surface area contributed by atoms with E-state index in [0.29, 0.717) is 6.54 Å². The third-order valence-electron chi connectivity index (χ3n) is 8.49. The Bertz CT molecular complexity index is 1680. The van der Waals surface area contributed by atoms with Crippen molar-refractivity contribution >= 4 is 29.7 Å². The number of aliphatic hydroxyl groups excluding tert-OH is 1. The number of ether oxygens (including phenoxy) is 1. The first kappa shape index (κ1) is 33.8. The van der Waals surface area contributed by atoms with E-state index in [1.165, 1.54) is 16.7 Å². The summed E-state index contributed by atoms with van der Waals surface area (Å²) in [6, 6.07) is 32.8. The molecule has 4 aromatic rings. The molecule has 3 N–H and O–H groups in total. The lowest BCUT2D eigenvalue weighted by Crippen LogP contribution is -2.58. The lowest BCUT2D eigenvalue weighted by molar-refractivity contribution is -0.147. The van der Waals surface area contributed by atoms with Crippen molar-refractivity contribution in [3.8, 4) is 11.1 Å². The molecule has 0 aromatic heterocycles. The Morgan fingerprint density at radius 1 is 0.894 bits per heavy atom. The molecule has 1 fully saturated rings. The van der Waals surface area contributed by atoms with E-state index in [1.54, 1.807) is 0 Å². The molecular formula is C38H41N3O5S. The normalized spacial score (nSPS) is 16.6. The summed E-state index contributed by atoms with van der Waals surface area (Å²) in [4.78, 5) is 42.2. The molecule has 0 unspecified atom stereocenters. The Balaban J connectivity index is 1.30. The zero-order chi connectivity index (χ0) is 33.4. The summed E-state index contributed by atoms with van der Waals surface area (Å²) in [6.07, 6.45) is -2.21. The van der Waals surface area contributed by atoms with Crippen LogP contribution in [-0.4, -0.2) is 56.7 Å². The van der Waals surface area contributed by atoms with Gasteiger partial charge in [-0.1, -0.05) is 109 Å². The van der Waals surface area contributed by atoms with Crippen molar-refractivity contribution in [2.45, 2.75) is 63.3 Å². The minimum atomic E-state index is -1.62. The second-order valence-corrected chi connectivity index (χ2v) is 13.8. The van der Waals surface area contributed by atoms with Gasteiger partial charge < -0.3 is 25.4 Å². The number of hydrogen-bond acceptors (Lipinski definition) is 6. The number of benzene rings is 4. The average Bonchev–Trinajstić information content (AvgIpc) is 3.41. The molecule has 3 atom stereocenters. The van der Waals surface area contributed by atoms with Crippen LogP contribution in [0.3, 0.4) is 0 Å². The number of aryl methyl sites for hydroxylation is 1. The molecule has 5 rings (SSSR count). The number of rotatable bonds is 11. The second kappa shape index (κ2) is 15.3. The van der Waals surface area contributed by atoms with Gasteiger partial charge in [-0.25, -0.2) is 4.79 Å². The molecule has 0 saturated carbocycles. The van der Waals surface area contributed by atoms with Crippen molar-refractivity contribution in [3.05, 3.63) is 131 Å². The van der Waals surface area contributed by atoms with Gasteiger partial charge in [0.15, 0.2) is 6.10 Å². The zero-order valence-corrected chi connectivity index (χ0v) is 27.7. The molecular weight excluding hydrogens is 611 g/mol. The fourth-order valence-corrected chi connectivity index (χ4v) is 6.97. The summed E-state index contributed by atoms with van der Waals surface area (Å²) in [5.74, 6) is -0.702. The predicted octanol–water partition coefficient (Wildman–Crippen LogP) is 5.86. The minimum Gasteiger partial charge on any atom is -0.445 e. The van der Waals surface area contributed by atoms with E-state index in [9.17, 15) is 19.5 Å². The SMILES string of the molecule is Cc1ccccc1CNC(=O)[C@H]1N(C(=O)[C@@H](O)[C@H](Cc2ccccc2)NC(=O)OCc2ccccc2-c2ccccc2)CSC1(C)C. The van der Waals surface area contributed by atoms with Crippen LogP contribution in [0.4, 0.5) is 4.79 Å². The molecule has 0 bridgehead atoms. The molecule has 3 amide bonds. The van der Waals surface area contributed by atoms with E-state index >= 15 is 0 Å². The highest BCUT2D eigenvalue weighted by Gasteiger charge is 2.49.